The molecule has 2 rings (SSSR count). The predicted octanol–water partition coefficient (Wildman–Crippen LogP) is 4.18. The second-order valence-electron chi connectivity index (χ2n) is 4.47. The van der Waals surface area contributed by atoms with Crippen LogP contribution in [-0.4, -0.2) is 18.5 Å². The molecule has 0 spiro atoms. The van der Waals surface area contributed by atoms with E-state index in [1.54, 1.807) is 6.07 Å². The number of ether oxygens (including phenoxy) is 1. The van der Waals surface area contributed by atoms with Crippen molar-refractivity contribution in [2.45, 2.75) is 5.75 Å². The van der Waals surface area contributed by atoms with Gasteiger partial charge < -0.3 is 10.5 Å². The van der Waals surface area contributed by atoms with Crippen molar-refractivity contribution in [3.05, 3.63) is 63.9 Å². The van der Waals surface area contributed by atoms with Gasteiger partial charge in [0.25, 0.3) is 0 Å². The van der Waals surface area contributed by atoms with E-state index in [1.165, 1.54) is 31.2 Å². The topological polar surface area (TPSA) is 60.0 Å². The quantitative estimate of drug-likeness (QED) is 0.469. The minimum atomic E-state index is -0.473. The van der Waals surface area contributed by atoms with Gasteiger partial charge in [-0.3, -0.25) is 0 Å². The second kappa shape index (κ2) is 8.69. The summed E-state index contributed by atoms with van der Waals surface area (Å²) in [6, 6.07) is 12.9. The number of benzene rings is 2. The van der Waals surface area contributed by atoms with Gasteiger partial charge in [-0.25, -0.2) is 4.39 Å². The van der Waals surface area contributed by atoms with Gasteiger partial charge in [0.2, 0.25) is 0 Å². The van der Waals surface area contributed by atoms with Crippen molar-refractivity contribution in [1.82, 2.24) is 0 Å². The Morgan fingerprint density at radius 2 is 2.09 bits per heavy atom. The second-order valence-corrected chi connectivity index (χ2v) is 6.32. The predicted molar refractivity (Wildman–Crippen MR) is 97.6 cm³/mol. The van der Waals surface area contributed by atoms with Crippen molar-refractivity contribution in [1.29, 1.82) is 0 Å². The Morgan fingerprint density at radius 1 is 1.35 bits per heavy atom. The summed E-state index contributed by atoms with van der Waals surface area (Å²) in [4.78, 5) is 0. The number of nitrogens with two attached hydrogens (primary N) is 1. The Hall–Kier alpha value is -1.86. The lowest BCUT2D eigenvalue weighted by Crippen LogP contribution is -2.06. The molecule has 0 amide bonds. The number of thioether (sulfide) groups is 1. The van der Waals surface area contributed by atoms with Crippen LogP contribution in [0, 0.1) is 5.82 Å². The van der Waals surface area contributed by atoms with Crippen LogP contribution in [0.15, 0.2) is 57.1 Å². The molecule has 0 aliphatic rings. The number of methoxy groups -OCH3 is 1. The van der Waals surface area contributed by atoms with E-state index in [4.69, 9.17) is 10.5 Å². The molecule has 0 heterocycles. The van der Waals surface area contributed by atoms with Crippen LogP contribution < -0.4 is 10.5 Å². The molecule has 0 aromatic heterocycles. The maximum absolute atomic E-state index is 13.7. The first-order valence-electron chi connectivity index (χ1n) is 6.66. The largest absolute Gasteiger partial charge is 0.492 e. The van der Waals surface area contributed by atoms with Gasteiger partial charge in [-0.15, -0.1) is 5.10 Å². The molecule has 0 bridgehead atoms. The maximum Gasteiger partial charge on any atom is 0.180 e. The smallest absolute Gasteiger partial charge is 0.180 e. The van der Waals surface area contributed by atoms with Gasteiger partial charge in [-0.2, -0.15) is 5.10 Å². The zero-order chi connectivity index (χ0) is 16.7. The molecule has 0 unspecified atom stereocenters. The van der Waals surface area contributed by atoms with Crippen LogP contribution in [0.2, 0.25) is 0 Å². The van der Waals surface area contributed by atoms with E-state index in [-0.39, 0.29) is 5.75 Å². The Kier molecular flexibility index (Phi) is 6.61. The molecule has 2 aromatic carbocycles. The van der Waals surface area contributed by atoms with E-state index in [2.05, 4.69) is 26.1 Å². The number of amidine groups is 1. The van der Waals surface area contributed by atoms with E-state index in [0.29, 0.717) is 21.0 Å². The normalized spacial score (nSPS) is 11.9. The Labute approximate surface area is 146 Å². The van der Waals surface area contributed by atoms with Crippen molar-refractivity contribution < 1.29 is 9.13 Å². The van der Waals surface area contributed by atoms with Crippen LogP contribution in [-0.2, 0) is 5.75 Å². The first kappa shape index (κ1) is 17.5. The SMILES string of the molecule is COc1c(F)cc(C=NN=C(N)SCc2ccccc2)cc1Br. The molecule has 0 atom stereocenters. The molecule has 7 heteroatoms. The van der Waals surface area contributed by atoms with Gasteiger partial charge >= 0.3 is 0 Å². The van der Waals surface area contributed by atoms with Crippen LogP contribution in [0.25, 0.3) is 0 Å². The molecule has 0 saturated carbocycles. The lowest BCUT2D eigenvalue weighted by atomic mass is 10.2. The fourth-order valence-electron chi connectivity index (χ4n) is 1.76. The summed E-state index contributed by atoms with van der Waals surface area (Å²) in [5.41, 5.74) is 7.50. The van der Waals surface area contributed by atoms with Crippen LogP contribution in [0.3, 0.4) is 0 Å². The highest BCUT2D eigenvalue weighted by atomic mass is 79.9. The van der Waals surface area contributed by atoms with Gasteiger partial charge in [0, 0.05) is 5.75 Å². The van der Waals surface area contributed by atoms with E-state index >= 15 is 0 Å². The minimum Gasteiger partial charge on any atom is -0.492 e. The van der Waals surface area contributed by atoms with Crippen LogP contribution >= 0.6 is 27.7 Å². The van der Waals surface area contributed by atoms with Crippen molar-refractivity contribution >= 4 is 39.1 Å². The highest BCUT2D eigenvalue weighted by molar-refractivity contribution is 9.10. The zero-order valence-corrected chi connectivity index (χ0v) is 14.8. The van der Waals surface area contributed by atoms with E-state index in [9.17, 15) is 4.39 Å². The van der Waals surface area contributed by atoms with Gasteiger partial charge in [-0.05, 0) is 39.2 Å². The average Bonchev–Trinajstić information content (AvgIpc) is 2.54. The van der Waals surface area contributed by atoms with Crippen molar-refractivity contribution in [2.75, 3.05) is 7.11 Å². The van der Waals surface area contributed by atoms with Crippen molar-refractivity contribution in [3.63, 3.8) is 0 Å². The summed E-state index contributed by atoms with van der Waals surface area (Å²) >= 11 is 4.63. The molecule has 23 heavy (non-hydrogen) atoms. The summed E-state index contributed by atoms with van der Waals surface area (Å²) in [6.45, 7) is 0. The van der Waals surface area contributed by atoms with E-state index in [1.807, 2.05) is 30.3 Å². The van der Waals surface area contributed by atoms with Gasteiger partial charge in [0.15, 0.2) is 16.7 Å². The molecule has 0 saturated heterocycles. The third-order valence-corrected chi connectivity index (χ3v) is 4.26. The number of hydrogen-bond acceptors (Lipinski definition) is 4. The van der Waals surface area contributed by atoms with Crippen LogP contribution in [0.1, 0.15) is 11.1 Å². The standard InChI is InChI=1S/C16H15BrFN3OS/c1-22-15-13(17)7-12(8-14(15)18)9-20-21-16(19)23-10-11-5-3-2-4-6-11/h2-9H,10H2,1H3,(H2,19,21). The van der Waals surface area contributed by atoms with E-state index < -0.39 is 5.82 Å². The molecular weight excluding hydrogens is 381 g/mol. The Bertz CT molecular complexity index is 700. The minimum absolute atomic E-state index is 0.156. The Balaban J connectivity index is 1.97. The monoisotopic (exact) mass is 395 g/mol. The summed E-state index contributed by atoms with van der Waals surface area (Å²) < 4.78 is 19.2. The Morgan fingerprint density at radius 3 is 2.74 bits per heavy atom. The highest BCUT2D eigenvalue weighted by Crippen LogP contribution is 2.28. The number of rotatable bonds is 5. The number of halogens is 2. The summed E-state index contributed by atoms with van der Waals surface area (Å²) in [5.74, 6) is 0.399. The van der Waals surface area contributed by atoms with Gasteiger partial charge in [-0.1, -0.05) is 42.1 Å². The molecule has 2 N–H and O–H groups in total. The molecule has 0 fully saturated rings. The van der Waals surface area contributed by atoms with Crippen molar-refractivity contribution in [2.24, 2.45) is 15.9 Å². The van der Waals surface area contributed by atoms with Gasteiger partial charge in [0.05, 0.1) is 17.8 Å². The third kappa shape index (κ3) is 5.37. The summed E-state index contributed by atoms with van der Waals surface area (Å²) in [7, 11) is 1.41. The molecule has 0 aliphatic carbocycles. The lowest BCUT2D eigenvalue weighted by molar-refractivity contribution is 0.384. The zero-order valence-electron chi connectivity index (χ0n) is 12.4. The fourth-order valence-corrected chi connectivity index (χ4v) is 2.99. The fraction of sp³-hybridized carbons (Fsp3) is 0.125. The molecule has 0 aliphatic heterocycles. The lowest BCUT2D eigenvalue weighted by Gasteiger charge is -2.05. The molecule has 2 aromatic rings. The van der Waals surface area contributed by atoms with Crippen molar-refractivity contribution in [3.8, 4) is 5.75 Å². The first-order valence-corrected chi connectivity index (χ1v) is 8.44. The summed E-state index contributed by atoms with van der Waals surface area (Å²) in [5, 5.41) is 8.12. The average molecular weight is 396 g/mol. The van der Waals surface area contributed by atoms with E-state index in [0.717, 1.165) is 5.56 Å². The molecular formula is C16H15BrFN3OS. The molecule has 120 valence electrons. The number of nitrogens with zero attached hydrogens (tertiary/aromatic N) is 2. The van der Waals surface area contributed by atoms with Gasteiger partial charge in [0.1, 0.15) is 0 Å². The van der Waals surface area contributed by atoms with Crippen LogP contribution in [0.4, 0.5) is 4.39 Å². The third-order valence-electron chi connectivity index (χ3n) is 2.82. The molecule has 0 radical (unpaired) electrons. The van der Waals surface area contributed by atoms with Crippen LogP contribution in [0.5, 0.6) is 5.75 Å². The number of hydrogen-bond donors (Lipinski definition) is 1. The first-order chi connectivity index (χ1) is 11.1. The molecule has 4 nitrogen and oxygen atoms in total. The summed E-state index contributed by atoms with van der Waals surface area (Å²) in [6.07, 6.45) is 1.43. The maximum atomic E-state index is 13.7. The highest BCUT2D eigenvalue weighted by Gasteiger charge is 2.08.